The van der Waals surface area contributed by atoms with Crippen LogP contribution in [0, 0.1) is 13.8 Å². The molecule has 0 spiro atoms. The lowest BCUT2D eigenvalue weighted by atomic mass is 10.4. The smallest absolute Gasteiger partial charge is 0.371 e. The van der Waals surface area contributed by atoms with Crippen molar-refractivity contribution in [2.45, 2.75) is 18.9 Å². The van der Waals surface area contributed by atoms with Crippen LogP contribution in [0.2, 0.25) is 0 Å². The van der Waals surface area contributed by atoms with E-state index in [0.717, 1.165) is 12.1 Å². The molecule has 0 aliphatic heterocycles. The number of furan rings is 1. The summed E-state index contributed by atoms with van der Waals surface area (Å²) in [7, 11) is -4.06. The lowest BCUT2D eigenvalue weighted by Crippen LogP contribution is -2.15. The maximum absolute atomic E-state index is 12.0. The third kappa shape index (κ3) is 2.94. The maximum atomic E-state index is 12.0. The summed E-state index contributed by atoms with van der Waals surface area (Å²) < 4.78 is 30.8. The van der Waals surface area contributed by atoms with Crippen LogP contribution in [0.25, 0.3) is 0 Å². The molecule has 0 aliphatic rings. The Morgan fingerprint density at radius 1 is 1.25 bits per heavy atom. The van der Waals surface area contributed by atoms with Gasteiger partial charge in [0.15, 0.2) is 0 Å². The summed E-state index contributed by atoms with van der Waals surface area (Å²) in [6.45, 7) is 3.39. The molecule has 2 N–H and O–H groups in total. The van der Waals surface area contributed by atoms with Crippen molar-refractivity contribution in [2.24, 2.45) is 0 Å². The van der Waals surface area contributed by atoms with Crippen LogP contribution < -0.4 is 4.72 Å². The van der Waals surface area contributed by atoms with Crippen LogP contribution in [-0.4, -0.2) is 29.5 Å². The fourth-order valence-electron chi connectivity index (χ4n) is 1.52. The fourth-order valence-corrected chi connectivity index (χ4v) is 2.40. The zero-order valence-corrected chi connectivity index (χ0v) is 11.4. The zero-order valence-electron chi connectivity index (χ0n) is 10.6. The highest BCUT2D eigenvalue weighted by Gasteiger charge is 2.22. The van der Waals surface area contributed by atoms with Crippen LogP contribution in [0.4, 0.5) is 5.95 Å². The van der Waals surface area contributed by atoms with Gasteiger partial charge in [-0.3, -0.25) is 0 Å². The summed E-state index contributed by atoms with van der Waals surface area (Å²) in [5, 5.41) is 8.18. The van der Waals surface area contributed by atoms with E-state index in [9.17, 15) is 13.2 Å². The number of aromatic carboxylic acids is 1. The van der Waals surface area contributed by atoms with Crippen LogP contribution in [0.5, 0.6) is 0 Å². The van der Waals surface area contributed by atoms with Gasteiger partial charge in [0.1, 0.15) is 0 Å². The first-order chi connectivity index (χ1) is 9.28. The first-order valence-electron chi connectivity index (χ1n) is 5.46. The number of hydrogen-bond acceptors (Lipinski definition) is 6. The number of aryl methyl sites for hydroxylation is 2. The molecule has 0 amide bonds. The second kappa shape index (κ2) is 4.93. The number of aromatic nitrogens is 2. The third-order valence-electron chi connectivity index (χ3n) is 2.26. The number of hydrogen-bond donors (Lipinski definition) is 2. The predicted molar refractivity (Wildman–Crippen MR) is 68.0 cm³/mol. The molecule has 0 radical (unpaired) electrons. The number of carboxylic acid groups (broad SMARTS) is 1. The molecule has 0 fully saturated rings. The summed E-state index contributed by atoms with van der Waals surface area (Å²) >= 11 is 0. The molecule has 0 atom stereocenters. The van der Waals surface area contributed by atoms with Crippen LogP contribution in [0.1, 0.15) is 21.9 Å². The van der Waals surface area contributed by atoms with Crippen molar-refractivity contribution in [1.82, 2.24) is 9.97 Å². The molecule has 2 rings (SSSR count). The van der Waals surface area contributed by atoms with E-state index in [1.54, 1.807) is 19.9 Å². The van der Waals surface area contributed by atoms with Gasteiger partial charge in [-0.1, -0.05) is 0 Å². The van der Waals surface area contributed by atoms with E-state index < -0.39 is 26.8 Å². The average molecular weight is 297 g/mol. The van der Waals surface area contributed by atoms with Crippen LogP contribution in [-0.2, 0) is 10.0 Å². The van der Waals surface area contributed by atoms with Crippen LogP contribution >= 0.6 is 0 Å². The van der Waals surface area contributed by atoms with Crippen molar-refractivity contribution < 1.29 is 22.7 Å². The molecule has 0 saturated heterocycles. The number of carboxylic acids is 1. The molecule has 8 nitrogen and oxygen atoms in total. The number of nitrogens with zero attached hydrogens (tertiary/aromatic N) is 2. The summed E-state index contributed by atoms with van der Waals surface area (Å²) in [6.07, 6.45) is 0. The number of sulfonamides is 1. The zero-order chi connectivity index (χ0) is 14.9. The third-order valence-corrected chi connectivity index (χ3v) is 3.47. The monoisotopic (exact) mass is 297 g/mol. The number of rotatable bonds is 4. The Morgan fingerprint density at radius 3 is 2.35 bits per heavy atom. The molecular weight excluding hydrogens is 286 g/mol. The van der Waals surface area contributed by atoms with Crippen molar-refractivity contribution in [3.63, 3.8) is 0 Å². The van der Waals surface area contributed by atoms with Gasteiger partial charge < -0.3 is 9.52 Å². The number of nitrogens with one attached hydrogen (secondary N) is 1. The molecule has 2 aromatic rings. The highest BCUT2D eigenvalue weighted by molar-refractivity contribution is 7.92. The van der Waals surface area contributed by atoms with Gasteiger partial charge in [0.25, 0.3) is 10.0 Å². The van der Waals surface area contributed by atoms with E-state index in [0.29, 0.717) is 11.4 Å². The Hall–Kier alpha value is -2.42. The van der Waals surface area contributed by atoms with Crippen molar-refractivity contribution in [3.8, 4) is 0 Å². The van der Waals surface area contributed by atoms with Crippen LogP contribution in [0.15, 0.2) is 27.7 Å². The molecule has 2 aromatic heterocycles. The second-order valence-electron chi connectivity index (χ2n) is 4.00. The highest BCUT2D eigenvalue weighted by atomic mass is 32.2. The van der Waals surface area contributed by atoms with Crippen LogP contribution in [0.3, 0.4) is 0 Å². The van der Waals surface area contributed by atoms with Gasteiger partial charge >= 0.3 is 5.97 Å². The molecule has 0 aliphatic carbocycles. The van der Waals surface area contributed by atoms with Gasteiger partial charge in [-0.25, -0.2) is 19.5 Å². The molecule has 0 bridgehead atoms. The van der Waals surface area contributed by atoms with Crippen molar-refractivity contribution >= 4 is 21.9 Å². The van der Waals surface area contributed by atoms with Crippen molar-refractivity contribution in [3.05, 3.63) is 35.3 Å². The Morgan fingerprint density at radius 2 is 1.85 bits per heavy atom. The highest BCUT2D eigenvalue weighted by Crippen LogP contribution is 2.17. The number of anilines is 1. The second-order valence-corrected chi connectivity index (χ2v) is 5.62. The van der Waals surface area contributed by atoms with Gasteiger partial charge in [-0.2, -0.15) is 8.42 Å². The topological polar surface area (TPSA) is 122 Å². The maximum Gasteiger partial charge on any atom is 0.371 e. The lowest BCUT2D eigenvalue weighted by molar-refractivity contribution is 0.0656. The summed E-state index contributed by atoms with van der Waals surface area (Å²) in [6, 6.07) is 3.79. The minimum Gasteiger partial charge on any atom is -0.475 e. The molecular formula is C11H11N3O5S. The van der Waals surface area contributed by atoms with E-state index in [4.69, 9.17) is 9.52 Å². The summed E-state index contributed by atoms with van der Waals surface area (Å²) in [5.41, 5.74) is 1.20. The van der Waals surface area contributed by atoms with E-state index in [-0.39, 0.29) is 5.95 Å². The van der Waals surface area contributed by atoms with Crippen molar-refractivity contribution in [2.75, 3.05) is 4.72 Å². The van der Waals surface area contributed by atoms with Gasteiger partial charge in [-0.05, 0) is 32.0 Å². The Labute approximate surface area is 114 Å². The molecule has 9 heteroatoms. The normalized spacial score (nSPS) is 11.3. The average Bonchev–Trinajstić information content (AvgIpc) is 2.76. The fraction of sp³-hybridized carbons (Fsp3) is 0.182. The summed E-state index contributed by atoms with van der Waals surface area (Å²) in [5.74, 6) is -1.92. The molecule has 106 valence electrons. The van der Waals surface area contributed by atoms with Gasteiger partial charge in [-0.15, -0.1) is 0 Å². The first-order valence-corrected chi connectivity index (χ1v) is 6.94. The quantitative estimate of drug-likeness (QED) is 0.868. The Kier molecular flexibility index (Phi) is 3.45. The van der Waals surface area contributed by atoms with E-state index in [1.807, 2.05) is 0 Å². The molecule has 20 heavy (non-hydrogen) atoms. The molecule has 0 saturated carbocycles. The minimum absolute atomic E-state index is 0.101. The minimum atomic E-state index is -4.06. The van der Waals surface area contributed by atoms with Gasteiger partial charge in [0.05, 0.1) is 0 Å². The Balaban J connectivity index is 2.32. The molecule has 0 unspecified atom stereocenters. The number of carbonyl (C=O) groups is 1. The standard InChI is InChI=1S/C11H11N3O5S/c1-6-5-7(2)13-11(12-6)14-20(17,18)9-4-3-8(19-9)10(15)16/h3-5H,1-2H3,(H,15,16)(H,12,13,14). The first kappa shape index (κ1) is 14.0. The predicted octanol–water partition coefficient (Wildman–Crippen LogP) is 1.19. The van der Waals surface area contributed by atoms with E-state index >= 15 is 0 Å². The molecule has 2 heterocycles. The summed E-state index contributed by atoms with van der Waals surface area (Å²) in [4.78, 5) is 18.5. The van der Waals surface area contributed by atoms with E-state index in [2.05, 4.69) is 14.7 Å². The van der Waals surface area contributed by atoms with Gasteiger partial charge in [0.2, 0.25) is 16.8 Å². The van der Waals surface area contributed by atoms with Crippen molar-refractivity contribution in [1.29, 1.82) is 0 Å². The van der Waals surface area contributed by atoms with Gasteiger partial charge in [0, 0.05) is 11.4 Å². The molecule has 0 aromatic carbocycles. The van der Waals surface area contributed by atoms with E-state index in [1.165, 1.54) is 0 Å². The SMILES string of the molecule is Cc1cc(C)nc(NS(=O)(=O)c2ccc(C(=O)O)o2)n1. The largest absolute Gasteiger partial charge is 0.475 e. The lowest BCUT2D eigenvalue weighted by Gasteiger charge is -2.05. The Bertz CT molecular complexity index is 746.